The third-order valence-electron chi connectivity index (χ3n) is 1.75. The first-order valence-electron chi connectivity index (χ1n) is 4.35. The molecule has 0 unspecified atom stereocenters. The van der Waals surface area contributed by atoms with Crippen LogP contribution in [-0.2, 0) is 6.54 Å². The average Bonchev–Trinajstić information content (AvgIpc) is 2.20. The highest BCUT2D eigenvalue weighted by Crippen LogP contribution is 2.29. The Hall–Kier alpha value is -0.890. The minimum atomic E-state index is -4.31. The summed E-state index contributed by atoms with van der Waals surface area (Å²) in [6.45, 7) is -0.121. The van der Waals surface area contributed by atoms with Crippen molar-refractivity contribution in [2.24, 2.45) is 0 Å². The van der Waals surface area contributed by atoms with E-state index in [1.165, 1.54) is 7.11 Å². The van der Waals surface area contributed by atoms with Crippen LogP contribution in [0.5, 0.6) is 5.75 Å². The van der Waals surface area contributed by atoms with E-state index in [4.69, 9.17) is 16.3 Å². The van der Waals surface area contributed by atoms with Crippen LogP contribution in [0.2, 0.25) is 5.15 Å². The molecule has 17 heavy (non-hydrogen) atoms. The zero-order valence-corrected chi connectivity index (χ0v) is 10.2. The molecule has 1 rings (SSSR count). The van der Waals surface area contributed by atoms with E-state index in [1.807, 2.05) is 0 Å². The van der Waals surface area contributed by atoms with Crippen molar-refractivity contribution < 1.29 is 17.9 Å². The Bertz CT molecular complexity index is 449. The van der Waals surface area contributed by atoms with Crippen molar-refractivity contribution in [2.75, 3.05) is 12.9 Å². The van der Waals surface area contributed by atoms with Crippen molar-refractivity contribution >= 4 is 23.4 Å². The average molecular weight is 289 g/mol. The van der Waals surface area contributed by atoms with Gasteiger partial charge in [-0.15, -0.1) is 0 Å². The Labute approximate surface area is 104 Å². The lowest BCUT2D eigenvalue weighted by atomic mass is 10.5. The molecular formula is C8H8ClF3N2O2S. The lowest BCUT2D eigenvalue weighted by Crippen LogP contribution is -2.23. The fourth-order valence-electron chi connectivity index (χ4n) is 1.04. The van der Waals surface area contributed by atoms with Crippen molar-refractivity contribution in [1.29, 1.82) is 0 Å². The number of alkyl halides is 3. The highest BCUT2D eigenvalue weighted by molar-refractivity contribution is 8.00. The fraction of sp³-hybridized carbons (Fsp3) is 0.500. The fourth-order valence-corrected chi connectivity index (χ4v) is 1.76. The van der Waals surface area contributed by atoms with Gasteiger partial charge in [0, 0.05) is 12.3 Å². The maximum atomic E-state index is 11.9. The van der Waals surface area contributed by atoms with Gasteiger partial charge in [-0.3, -0.25) is 9.36 Å². The molecule has 0 saturated carbocycles. The summed E-state index contributed by atoms with van der Waals surface area (Å²) in [7, 11) is 1.24. The Morgan fingerprint density at radius 3 is 2.76 bits per heavy atom. The number of rotatable bonds is 4. The summed E-state index contributed by atoms with van der Waals surface area (Å²) >= 11 is 5.37. The topological polar surface area (TPSA) is 44.1 Å². The number of methoxy groups -OCH3 is 1. The van der Waals surface area contributed by atoms with Gasteiger partial charge in [-0.25, -0.2) is 4.98 Å². The standard InChI is InChI=1S/C8H8ClF3N2O2S/c1-16-5-6(9)13-4-14(7(5)15)2-3-17-8(10,11)12/h4H,2-3H2,1H3. The predicted molar refractivity (Wildman–Crippen MR) is 58.6 cm³/mol. The number of aromatic nitrogens is 2. The molecule has 0 atom stereocenters. The van der Waals surface area contributed by atoms with E-state index in [-0.39, 0.29) is 35.0 Å². The Kier molecular flexibility index (Phi) is 4.70. The first-order chi connectivity index (χ1) is 7.85. The summed E-state index contributed by atoms with van der Waals surface area (Å²) < 4.78 is 41.4. The molecule has 0 spiro atoms. The molecule has 0 aliphatic heterocycles. The van der Waals surface area contributed by atoms with E-state index in [2.05, 4.69) is 4.98 Å². The summed E-state index contributed by atoms with van der Waals surface area (Å²) in [5.74, 6) is -0.457. The van der Waals surface area contributed by atoms with E-state index in [0.717, 1.165) is 10.9 Å². The van der Waals surface area contributed by atoms with Crippen molar-refractivity contribution in [3.05, 3.63) is 21.8 Å². The van der Waals surface area contributed by atoms with Gasteiger partial charge in [-0.1, -0.05) is 11.6 Å². The monoisotopic (exact) mass is 288 g/mol. The second-order valence-corrected chi connectivity index (χ2v) is 4.38. The van der Waals surface area contributed by atoms with Crippen LogP contribution in [0, 0.1) is 0 Å². The number of thioether (sulfide) groups is 1. The van der Waals surface area contributed by atoms with Gasteiger partial charge in [0.25, 0.3) is 5.56 Å². The van der Waals surface area contributed by atoms with Crippen LogP contribution in [0.25, 0.3) is 0 Å². The van der Waals surface area contributed by atoms with Crippen LogP contribution < -0.4 is 10.3 Å². The number of hydrogen-bond acceptors (Lipinski definition) is 4. The van der Waals surface area contributed by atoms with Gasteiger partial charge in [0.2, 0.25) is 5.75 Å². The smallest absolute Gasteiger partial charge is 0.441 e. The molecule has 0 aliphatic rings. The van der Waals surface area contributed by atoms with Crippen LogP contribution in [0.15, 0.2) is 11.1 Å². The first kappa shape index (κ1) is 14.2. The van der Waals surface area contributed by atoms with Gasteiger partial charge in [0.05, 0.1) is 13.4 Å². The SMILES string of the molecule is COc1c(Cl)ncn(CCSC(F)(F)F)c1=O. The van der Waals surface area contributed by atoms with Crippen LogP contribution in [0.4, 0.5) is 13.2 Å². The van der Waals surface area contributed by atoms with Gasteiger partial charge in [0.15, 0.2) is 5.15 Å². The van der Waals surface area contributed by atoms with E-state index < -0.39 is 11.1 Å². The summed E-state index contributed by atoms with van der Waals surface area (Å²) in [4.78, 5) is 15.2. The highest BCUT2D eigenvalue weighted by atomic mass is 35.5. The second-order valence-electron chi connectivity index (χ2n) is 2.86. The zero-order valence-electron chi connectivity index (χ0n) is 8.62. The third kappa shape index (κ3) is 4.12. The van der Waals surface area contributed by atoms with Crippen molar-refractivity contribution in [3.63, 3.8) is 0 Å². The number of hydrogen-bond donors (Lipinski definition) is 0. The molecule has 0 saturated heterocycles. The molecule has 4 nitrogen and oxygen atoms in total. The Balaban J connectivity index is 2.76. The number of nitrogens with zero attached hydrogens (tertiary/aromatic N) is 2. The molecule has 96 valence electrons. The third-order valence-corrected chi connectivity index (χ3v) is 2.74. The zero-order chi connectivity index (χ0) is 13.1. The molecule has 0 aromatic carbocycles. The van der Waals surface area contributed by atoms with Crippen molar-refractivity contribution in [3.8, 4) is 5.75 Å². The summed E-state index contributed by atoms with van der Waals surface area (Å²) in [5.41, 5.74) is -4.91. The summed E-state index contributed by atoms with van der Waals surface area (Å²) in [5, 5.41) is -0.114. The summed E-state index contributed by atoms with van der Waals surface area (Å²) in [6.07, 6.45) is 1.09. The van der Waals surface area contributed by atoms with E-state index in [1.54, 1.807) is 0 Å². The number of halogens is 4. The van der Waals surface area contributed by atoms with Crippen LogP contribution in [0.3, 0.4) is 0 Å². The van der Waals surface area contributed by atoms with Gasteiger partial charge in [-0.05, 0) is 11.8 Å². The Morgan fingerprint density at radius 2 is 2.24 bits per heavy atom. The van der Waals surface area contributed by atoms with Gasteiger partial charge in [-0.2, -0.15) is 13.2 Å². The van der Waals surface area contributed by atoms with Gasteiger partial charge in [0.1, 0.15) is 0 Å². The molecule has 0 N–H and O–H groups in total. The molecule has 0 aliphatic carbocycles. The van der Waals surface area contributed by atoms with Crippen LogP contribution in [-0.4, -0.2) is 27.9 Å². The quantitative estimate of drug-likeness (QED) is 0.797. The molecule has 0 amide bonds. The molecular weight excluding hydrogens is 281 g/mol. The molecule has 1 heterocycles. The molecule has 0 bridgehead atoms. The number of aryl methyl sites for hydroxylation is 1. The Morgan fingerprint density at radius 1 is 1.59 bits per heavy atom. The van der Waals surface area contributed by atoms with Gasteiger partial charge < -0.3 is 4.74 Å². The van der Waals surface area contributed by atoms with Crippen LogP contribution >= 0.6 is 23.4 Å². The molecule has 0 radical (unpaired) electrons. The molecule has 0 fully saturated rings. The molecule has 1 aromatic rings. The molecule has 1 aromatic heterocycles. The number of ether oxygens (including phenoxy) is 1. The minimum absolute atomic E-state index is 0.114. The van der Waals surface area contributed by atoms with Crippen molar-refractivity contribution in [1.82, 2.24) is 9.55 Å². The molecule has 9 heteroatoms. The lowest BCUT2D eigenvalue weighted by molar-refractivity contribution is -0.0328. The normalized spacial score (nSPS) is 11.6. The van der Waals surface area contributed by atoms with Crippen molar-refractivity contribution in [2.45, 2.75) is 12.1 Å². The summed E-state index contributed by atoms with van der Waals surface area (Å²) in [6, 6.07) is 0. The largest absolute Gasteiger partial charge is 0.489 e. The maximum absolute atomic E-state index is 11.9. The first-order valence-corrected chi connectivity index (χ1v) is 5.71. The van der Waals surface area contributed by atoms with E-state index in [9.17, 15) is 18.0 Å². The second kappa shape index (κ2) is 5.63. The van der Waals surface area contributed by atoms with Crippen LogP contribution in [0.1, 0.15) is 0 Å². The lowest BCUT2D eigenvalue weighted by Gasteiger charge is -2.09. The highest BCUT2D eigenvalue weighted by Gasteiger charge is 2.27. The van der Waals surface area contributed by atoms with E-state index >= 15 is 0 Å². The predicted octanol–water partition coefficient (Wildman–Crippen LogP) is 2.16. The minimum Gasteiger partial charge on any atom is -0.489 e. The van der Waals surface area contributed by atoms with Gasteiger partial charge >= 0.3 is 5.51 Å². The maximum Gasteiger partial charge on any atom is 0.441 e. The van der Waals surface area contributed by atoms with E-state index in [0.29, 0.717) is 0 Å².